The molecule has 1 atom stereocenters. The zero-order chi connectivity index (χ0) is 14.8. The van der Waals surface area contributed by atoms with Gasteiger partial charge in [0.2, 0.25) is 0 Å². The van der Waals surface area contributed by atoms with Crippen LogP contribution < -0.4 is 5.32 Å². The number of hydrogen-bond acceptors (Lipinski definition) is 4. The molecule has 1 heterocycles. The molecule has 1 aliphatic heterocycles. The largest absolute Gasteiger partial charge is 0.504 e. The molecule has 2 aromatic carbocycles. The lowest BCUT2D eigenvalue weighted by Gasteiger charge is -2.19. The summed E-state index contributed by atoms with van der Waals surface area (Å²) in [6.45, 7) is 1.68. The quantitative estimate of drug-likeness (QED) is 0.589. The molecular formula is C17H17NO2S. The highest BCUT2D eigenvalue weighted by Crippen LogP contribution is 2.36. The third-order valence-corrected chi connectivity index (χ3v) is 4.28. The van der Waals surface area contributed by atoms with Crippen LogP contribution in [0.5, 0.6) is 11.5 Å². The first kappa shape index (κ1) is 14.0. The second-order valence-corrected chi connectivity index (χ2v) is 5.57. The molecule has 2 aromatic rings. The predicted molar refractivity (Wildman–Crippen MR) is 87.4 cm³/mol. The monoisotopic (exact) mass is 299 g/mol. The number of nitrogens with one attached hydrogen (secondary N) is 1. The Morgan fingerprint density at radius 2 is 1.81 bits per heavy atom. The van der Waals surface area contributed by atoms with Gasteiger partial charge in [0.1, 0.15) is 0 Å². The Morgan fingerprint density at radius 3 is 2.52 bits per heavy atom. The van der Waals surface area contributed by atoms with E-state index in [1.54, 1.807) is 17.5 Å². The van der Waals surface area contributed by atoms with Gasteiger partial charge >= 0.3 is 0 Å². The Kier molecular flexibility index (Phi) is 3.90. The molecule has 0 saturated heterocycles. The van der Waals surface area contributed by atoms with Gasteiger partial charge in [-0.1, -0.05) is 36.5 Å². The maximum absolute atomic E-state index is 9.82. The first-order valence-electron chi connectivity index (χ1n) is 6.99. The van der Waals surface area contributed by atoms with E-state index in [0.29, 0.717) is 0 Å². The minimum Gasteiger partial charge on any atom is -0.504 e. The number of fused-ring (bicyclic) bond motifs is 1. The molecule has 0 radical (unpaired) electrons. The molecular weight excluding hydrogens is 282 g/mol. The summed E-state index contributed by atoms with van der Waals surface area (Å²) in [5.74, 6) is 0.0507. The molecule has 0 saturated carbocycles. The van der Waals surface area contributed by atoms with E-state index in [0.717, 1.165) is 36.2 Å². The third kappa shape index (κ3) is 2.77. The number of hydrogen-bond donors (Lipinski definition) is 3. The molecule has 0 spiro atoms. The van der Waals surface area contributed by atoms with Crippen LogP contribution in [0.15, 0.2) is 36.4 Å². The van der Waals surface area contributed by atoms with Gasteiger partial charge in [-0.2, -0.15) is 0 Å². The highest BCUT2D eigenvalue weighted by atomic mass is 32.1. The summed E-state index contributed by atoms with van der Waals surface area (Å²) in [5, 5.41) is 24.6. The Balaban J connectivity index is 2.06. The van der Waals surface area contributed by atoms with Gasteiger partial charge in [-0.05, 0) is 47.4 Å². The van der Waals surface area contributed by atoms with Crippen molar-refractivity contribution < 1.29 is 10.2 Å². The molecule has 0 fully saturated rings. The first-order chi connectivity index (χ1) is 10.2. The zero-order valence-corrected chi connectivity index (χ0v) is 12.4. The van der Waals surface area contributed by atoms with Gasteiger partial charge in [0.15, 0.2) is 11.5 Å². The summed E-state index contributed by atoms with van der Waals surface area (Å²) in [6.07, 6.45) is 0.845. The minimum atomic E-state index is -0.0591. The average Bonchev–Trinajstić information content (AvgIpc) is 2.70. The molecule has 1 unspecified atom stereocenters. The fourth-order valence-corrected chi connectivity index (χ4v) is 3.02. The molecule has 0 aromatic heterocycles. The third-order valence-electron chi connectivity index (χ3n) is 4.01. The minimum absolute atomic E-state index is 0.0505. The molecule has 0 aliphatic carbocycles. The standard InChI is InChI=1S/C17H17NO2S/c19-16-7-13-5-6-18-9-15(14(13)8-17(16)20)12-3-1-11(10-21)2-4-12/h1-4,7-8,10,15,18-20H,5-6,9H2. The fraction of sp³-hybridized carbons (Fsp3) is 0.235. The van der Waals surface area contributed by atoms with Crippen molar-refractivity contribution in [2.45, 2.75) is 12.3 Å². The van der Waals surface area contributed by atoms with E-state index in [1.807, 2.05) is 12.1 Å². The Morgan fingerprint density at radius 1 is 1.10 bits per heavy atom. The lowest BCUT2D eigenvalue weighted by Crippen LogP contribution is -2.20. The second-order valence-electron chi connectivity index (χ2n) is 5.33. The molecule has 108 valence electrons. The van der Waals surface area contributed by atoms with Gasteiger partial charge in [0.25, 0.3) is 0 Å². The normalized spacial score (nSPS) is 17.8. The van der Waals surface area contributed by atoms with Gasteiger partial charge in [0.05, 0.1) is 0 Å². The van der Waals surface area contributed by atoms with Crippen LogP contribution >= 0.6 is 12.2 Å². The van der Waals surface area contributed by atoms with Crippen LogP contribution in [0.3, 0.4) is 0 Å². The molecule has 0 bridgehead atoms. The number of aromatic hydroxyl groups is 2. The van der Waals surface area contributed by atoms with E-state index in [2.05, 4.69) is 17.4 Å². The van der Waals surface area contributed by atoms with Crippen molar-refractivity contribution in [2.75, 3.05) is 13.1 Å². The van der Waals surface area contributed by atoms with E-state index < -0.39 is 0 Å². The summed E-state index contributed by atoms with van der Waals surface area (Å²) in [4.78, 5) is 0. The number of rotatable bonds is 2. The van der Waals surface area contributed by atoms with E-state index >= 15 is 0 Å². The molecule has 21 heavy (non-hydrogen) atoms. The van der Waals surface area contributed by atoms with Crippen LogP contribution in [-0.4, -0.2) is 28.7 Å². The van der Waals surface area contributed by atoms with Gasteiger partial charge in [-0.25, -0.2) is 0 Å². The summed E-state index contributed by atoms with van der Waals surface area (Å²) >= 11 is 4.94. The molecule has 4 heteroatoms. The summed E-state index contributed by atoms with van der Waals surface area (Å²) in [7, 11) is 0. The van der Waals surface area contributed by atoms with Crippen LogP contribution in [0.2, 0.25) is 0 Å². The van der Waals surface area contributed by atoms with Crippen LogP contribution in [0, 0.1) is 0 Å². The van der Waals surface area contributed by atoms with Crippen LogP contribution in [0.25, 0.3) is 0 Å². The smallest absolute Gasteiger partial charge is 0.157 e. The topological polar surface area (TPSA) is 52.5 Å². The maximum atomic E-state index is 9.82. The molecule has 0 amide bonds. The van der Waals surface area contributed by atoms with Crippen molar-refractivity contribution in [3.63, 3.8) is 0 Å². The van der Waals surface area contributed by atoms with Gasteiger partial charge in [-0.3, -0.25) is 0 Å². The Labute approximate surface area is 129 Å². The molecule has 3 rings (SSSR count). The van der Waals surface area contributed by atoms with E-state index in [4.69, 9.17) is 12.2 Å². The highest BCUT2D eigenvalue weighted by Gasteiger charge is 2.22. The Bertz CT molecular complexity index is 667. The fourth-order valence-electron chi connectivity index (χ4n) is 2.86. The van der Waals surface area contributed by atoms with Crippen molar-refractivity contribution >= 4 is 17.6 Å². The van der Waals surface area contributed by atoms with Crippen molar-refractivity contribution in [1.29, 1.82) is 0 Å². The number of benzene rings is 2. The first-order valence-corrected chi connectivity index (χ1v) is 7.47. The second kappa shape index (κ2) is 5.84. The van der Waals surface area contributed by atoms with Gasteiger partial charge in [0, 0.05) is 17.8 Å². The number of thiocarbonyl (C=S) groups is 1. The van der Waals surface area contributed by atoms with E-state index in [1.165, 1.54) is 5.56 Å². The molecule has 1 aliphatic rings. The molecule has 3 nitrogen and oxygen atoms in total. The maximum Gasteiger partial charge on any atom is 0.157 e. The van der Waals surface area contributed by atoms with Crippen LogP contribution in [-0.2, 0) is 6.42 Å². The number of phenolic OH excluding ortho intramolecular Hbond substituents is 2. The van der Waals surface area contributed by atoms with Crippen molar-refractivity contribution in [3.05, 3.63) is 58.7 Å². The number of phenols is 2. The lowest BCUT2D eigenvalue weighted by molar-refractivity contribution is 0.402. The lowest BCUT2D eigenvalue weighted by atomic mass is 9.87. The van der Waals surface area contributed by atoms with Crippen LogP contribution in [0.4, 0.5) is 0 Å². The SMILES string of the molecule is Oc1cc2c(cc1O)C(c1ccc(C=S)cc1)CNCC2. The summed E-state index contributed by atoms with van der Waals surface area (Å²) in [6, 6.07) is 11.5. The average molecular weight is 299 g/mol. The zero-order valence-electron chi connectivity index (χ0n) is 11.5. The van der Waals surface area contributed by atoms with E-state index in [9.17, 15) is 10.2 Å². The van der Waals surface area contributed by atoms with Gasteiger partial charge in [-0.15, -0.1) is 0 Å². The van der Waals surface area contributed by atoms with Crippen LogP contribution in [0.1, 0.15) is 28.2 Å². The Hall–Kier alpha value is -1.91. The summed E-state index contributed by atoms with van der Waals surface area (Å²) in [5.41, 5.74) is 4.35. The van der Waals surface area contributed by atoms with Crippen molar-refractivity contribution in [1.82, 2.24) is 5.32 Å². The van der Waals surface area contributed by atoms with Gasteiger partial charge < -0.3 is 15.5 Å². The summed E-state index contributed by atoms with van der Waals surface area (Å²) < 4.78 is 0. The molecule has 3 N–H and O–H groups in total. The van der Waals surface area contributed by atoms with E-state index in [-0.39, 0.29) is 17.4 Å². The van der Waals surface area contributed by atoms with Crippen molar-refractivity contribution in [2.24, 2.45) is 0 Å². The highest BCUT2D eigenvalue weighted by molar-refractivity contribution is 7.79. The predicted octanol–water partition coefficient (Wildman–Crippen LogP) is 2.72. The van der Waals surface area contributed by atoms with Crippen molar-refractivity contribution in [3.8, 4) is 11.5 Å².